The van der Waals surface area contributed by atoms with E-state index in [4.69, 9.17) is 9.47 Å². The number of phenols is 1. The first-order valence-electron chi connectivity index (χ1n) is 8.92. The second-order valence-corrected chi connectivity index (χ2v) is 7.86. The number of rotatable bonds is 1. The van der Waals surface area contributed by atoms with Crippen molar-refractivity contribution in [2.24, 2.45) is 5.92 Å². The van der Waals surface area contributed by atoms with Crippen LogP contribution in [0.5, 0.6) is 11.5 Å². The molecule has 2 aliphatic heterocycles. The highest BCUT2D eigenvalue weighted by Gasteiger charge is 2.66. The van der Waals surface area contributed by atoms with Gasteiger partial charge in [0, 0.05) is 23.9 Å². The molecule has 0 aromatic heterocycles. The van der Waals surface area contributed by atoms with Gasteiger partial charge in [0.15, 0.2) is 11.5 Å². The molecule has 1 N–H and O–H groups in total. The molecule has 2 fully saturated rings. The Balaban J connectivity index is 0.00000157. The number of carbonyl (C=O) groups is 1. The van der Waals surface area contributed by atoms with E-state index in [-0.39, 0.29) is 41.7 Å². The molecule has 2 aliphatic carbocycles. The van der Waals surface area contributed by atoms with Gasteiger partial charge in [0.2, 0.25) is 0 Å². The van der Waals surface area contributed by atoms with E-state index in [9.17, 15) is 9.90 Å². The van der Waals surface area contributed by atoms with Crippen LogP contribution < -0.4 is 4.74 Å². The lowest BCUT2D eigenvalue weighted by Crippen LogP contribution is -2.66. The van der Waals surface area contributed by atoms with E-state index in [1.54, 1.807) is 6.07 Å². The van der Waals surface area contributed by atoms with E-state index in [0.29, 0.717) is 17.7 Å². The summed E-state index contributed by atoms with van der Waals surface area (Å²) in [6.45, 7) is 2.48. The van der Waals surface area contributed by atoms with Gasteiger partial charge in [-0.15, -0.1) is 12.4 Å². The highest BCUT2D eigenvalue weighted by atomic mass is 35.5. The molecular weight excluding hydrogens is 342 g/mol. The molecule has 2 heterocycles. The minimum Gasteiger partial charge on any atom is -0.504 e. The van der Waals surface area contributed by atoms with Crippen LogP contribution in [-0.2, 0) is 21.4 Å². The summed E-state index contributed by atoms with van der Waals surface area (Å²) < 4.78 is 12.0. The van der Waals surface area contributed by atoms with Gasteiger partial charge < -0.3 is 19.5 Å². The van der Waals surface area contributed by atoms with Gasteiger partial charge in [-0.3, -0.25) is 4.79 Å². The van der Waals surface area contributed by atoms with Gasteiger partial charge in [-0.05, 0) is 56.8 Å². The van der Waals surface area contributed by atoms with Crippen molar-refractivity contribution in [3.8, 4) is 11.5 Å². The van der Waals surface area contributed by atoms with Crippen molar-refractivity contribution in [3.63, 3.8) is 0 Å². The molecule has 0 radical (unpaired) electrons. The monoisotopic (exact) mass is 365 g/mol. The lowest BCUT2D eigenvalue weighted by Gasteiger charge is -2.58. The first kappa shape index (κ1) is 17.0. The van der Waals surface area contributed by atoms with E-state index in [0.717, 1.165) is 32.2 Å². The van der Waals surface area contributed by atoms with Crippen LogP contribution >= 0.6 is 12.4 Å². The van der Waals surface area contributed by atoms with Crippen LogP contribution in [0.25, 0.3) is 0 Å². The molecule has 1 aromatic rings. The number of hydrogen-bond acceptors (Lipinski definition) is 5. The number of halogens is 1. The minimum atomic E-state index is -0.251. The average molecular weight is 366 g/mol. The number of likely N-dealkylation sites (tertiary alicyclic amines) is 1. The number of aromatic hydroxyl groups is 1. The maximum atomic E-state index is 11.6. The maximum absolute atomic E-state index is 11.6. The van der Waals surface area contributed by atoms with Crippen LogP contribution in [0.1, 0.15) is 37.3 Å². The maximum Gasteiger partial charge on any atom is 0.303 e. The van der Waals surface area contributed by atoms with Gasteiger partial charge in [0.25, 0.3) is 0 Å². The zero-order chi connectivity index (χ0) is 16.6. The fourth-order valence-electron chi connectivity index (χ4n) is 6.02. The first-order chi connectivity index (χ1) is 11.5. The Labute approximate surface area is 153 Å². The van der Waals surface area contributed by atoms with E-state index in [2.05, 4.69) is 18.0 Å². The molecule has 0 unspecified atom stereocenters. The van der Waals surface area contributed by atoms with Crippen molar-refractivity contribution < 1.29 is 19.4 Å². The van der Waals surface area contributed by atoms with Gasteiger partial charge in [-0.25, -0.2) is 0 Å². The van der Waals surface area contributed by atoms with Gasteiger partial charge in [-0.1, -0.05) is 6.07 Å². The number of benzene rings is 1. The van der Waals surface area contributed by atoms with Crippen LogP contribution in [0.2, 0.25) is 0 Å². The highest BCUT2D eigenvalue weighted by Crippen LogP contribution is 2.63. The molecule has 5 nitrogen and oxygen atoms in total. The number of carbonyl (C=O) groups excluding carboxylic acids is 1. The predicted molar refractivity (Wildman–Crippen MR) is 94.5 cm³/mol. The molecule has 4 aliphatic rings. The Kier molecular flexibility index (Phi) is 3.75. The zero-order valence-corrected chi connectivity index (χ0v) is 15.3. The molecular formula is C19H24ClNO4. The number of phenolic OH excluding ortho intramolecular Hbond substituents is 1. The summed E-state index contributed by atoms with van der Waals surface area (Å²) >= 11 is 0. The highest BCUT2D eigenvalue weighted by molar-refractivity contribution is 5.85. The van der Waals surface area contributed by atoms with E-state index in [1.165, 1.54) is 18.1 Å². The third-order valence-electron chi connectivity index (χ3n) is 6.86. The summed E-state index contributed by atoms with van der Waals surface area (Å²) in [5, 5.41) is 10.4. The molecule has 0 amide bonds. The average Bonchev–Trinajstić information content (AvgIpc) is 2.89. The molecule has 6 heteroatoms. The Morgan fingerprint density at radius 2 is 2.20 bits per heavy atom. The third-order valence-corrected chi connectivity index (χ3v) is 6.86. The Hall–Kier alpha value is -1.46. The molecule has 2 bridgehead atoms. The molecule has 5 rings (SSSR count). The largest absolute Gasteiger partial charge is 0.504 e. The van der Waals surface area contributed by atoms with Crippen LogP contribution in [0, 0.1) is 5.92 Å². The van der Waals surface area contributed by atoms with Crippen molar-refractivity contribution >= 4 is 18.4 Å². The topological polar surface area (TPSA) is 59.0 Å². The molecule has 1 spiro atoms. The number of likely N-dealkylation sites (N-methyl/N-ethyl adjacent to an activating group) is 1. The predicted octanol–water partition coefficient (Wildman–Crippen LogP) is 2.41. The van der Waals surface area contributed by atoms with Crippen LogP contribution in [0.3, 0.4) is 0 Å². The van der Waals surface area contributed by atoms with Crippen molar-refractivity contribution in [2.75, 3.05) is 13.6 Å². The van der Waals surface area contributed by atoms with Gasteiger partial charge in [0.1, 0.15) is 12.2 Å². The van der Waals surface area contributed by atoms with Crippen LogP contribution in [0.15, 0.2) is 12.1 Å². The molecule has 5 atom stereocenters. The normalized spacial score (nSPS) is 37.5. The van der Waals surface area contributed by atoms with Crippen molar-refractivity contribution in [1.82, 2.24) is 4.90 Å². The second kappa shape index (κ2) is 5.52. The molecule has 1 saturated heterocycles. The van der Waals surface area contributed by atoms with Gasteiger partial charge in [-0.2, -0.15) is 0 Å². The standard InChI is InChI=1S/C19H23NO4.ClH/c1-10(21)23-15-6-4-12-13-9-11-3-5-14(22)17-16(11)19(12,18(15)24-17)7-8-20(13)2;/h3,5,12-13,15,18,22H,4,6-9H2,1-2H3;1H/t12-,13+,15-,18-,19-;/m0./s1. The van der Waals surface area contributed by atoms with Gasteiger partial charge >= 0.3 is 5.97 Å². The quantitative estimate of drug-likeness (QED) is 0.774. The van der Waals surface area contributed by atoms with Crippen LogP contribution in [0.4, 0.5) is 0 Å². The minimum absolute atomic E-state index is 0. The summed E-state index contributed by atoms with van der Waals surface area (Å²) in [5.41, 5.74) is 2.39. The summed E-state index contributed by atoms with van der Waals surface area (Å²) in [4.78, 5) is 14.1. The number of hydrogen-bond donors (Lipinski definition) is 1. The Morgan fingerprint density at radius 3 is 2.96 bits per heavy atom. The fourth-order valence-corrected chi connectivity index (χ4v) is 6.02. The smallest absolute Gasteiger partial charge is 0.303 e. The SMILES string of the molecule is CC(=O)O[C@H]1CC[C@H]2[C@H]3Cc4ccc(O)c5c4[C@@]2(CCN3C)[C@H]1O5.Cl. The lowest BCUT2D eigenvalue weighted by molar-refractivity contribution is -0.163. The lowest BCUT2D eigenvalue weighted by atomic mass is 9.51. The first-order valence-corrected chi connectivity index (χ1v) is 8.92. The Bertz CT molecular complexity index is 738. The van der Waals surface area contributed by atoms with Crippen LogP contribution in [-0.4, -0.2) is 47.8 Å². The summed E-state index contributed by atoms with van der Waals surface area (Å²) in [7, 11) is 2.22. The molecule has 1 aromatic carbocycles. The van der Waals surface area contributed by atoms with Crippen molar-refractivity contribution in [3.05, 3.63) is 23.3 Å². The van der Waals surface area contributed by atoms with Gasteiger partial charge in [0.05, 0.1) is 0 Å². The number of piperidine rings is 1. The summed E-state index contributed by atoms with van der Waals surface area (Å²) in [5.74, 6) is 1.11. The molecule has 136 valence electrons. The number of nitrogens with zero attached hydrogens (tertiary/aromatic N) is 1. The number of esters is 1. The van der Waals surface area contributed by atoms with E-state index in [1.807, 2.05) is 0 Å². The third kappa shape index (κ3) is 2.02. The van der Waals surface area contributed by atoms with Crippen molar-refractivity contribution in [2.45, 2.75) is 56.3 Å². The molecule has 1 saturated carbocycles. The Morgan fingerprint density at radius 1 is 1.40 bits per heavy atom. The van der Waals surface area contributed by atoms with E-state index >= 15 is 0 Å². The second-order valence-electron chi connectivity index (χ2n) is 7.86. The summed E-state index contributed by atoms with van der Waals surface area (Å²) in [6, 6.07) is 4.31. The fraction of sp³-hybridized carbons (Fsp3) is 0.632. The summed E-state index contributed by atoms with van der Waals surface area (Å²) in [6.07, 6.45) is 3.50. The van der Waals surface area contributed by atoms with E-state index < -0.39 is 0 Å². The van der Waals surface area contributed by atoms with Crippen molar-refractivity contribution in [1.29, 1.82) is 0 Å². The molecule has 25 heavy (non-hydrogen) atoms. The number of ether oxygens (including phenoxy) is 2. The zero-order valence-electron chi connectivity index (χ0n) is 14.5.